The molecule has 0 spiro atoms. The van der Waals surface area contributed by atoms with E-state index in [0.29, 0.717) is 17.8 Å². The summed E-state index contributed by atoms with van der Waals surface area (Å²) in [7, 11) is 0. The Balaban J connectivity index is 1.49. The summed E-state index contributed by atoms with van der Waals surface area (Å²) in [5.74, 6) is 0.130. The van der Waals surface area contributed by atoms with Crippen molar-refractivity contribution in [2.75, 3.05) is 6.54 Å². The maximum absolute atomic E-state index is 12.8. The predicted octanol–water partition coefficient (Wildman–Crippen LogP) is 1.75. The smallest absolute Gasteiger partial charge is 0.272 e. The second-order valence-electron chi connectivity index (χ2n) is 6.68. The molecule has 8 nitrogen and oxygen atoms in total. The Morgan fingerprint density at radius 3 is 3.12 bits per heavy atom. The highest BCUT2D eigenvalue weighted by Crippen LogP contribution is 2.30. The van der Waals surface area contributed by atoms with Gasteiger partial charge in [-0.15, -0.1) is 0 Å². The van der Waals surface area contributed by atoms with Gasteiger partial charge in [0.15, 0.2) is 5.65 Å². The Morgan fingerprint density at radius 2 is 2.27 bits per heavy atom. The van der Waals surface area contributed by atoms with Gasteiger partial charge in [0, 0.05) is 50.2 Å². The van der Waals surface area contributed by atoms with Crippen molar-refractivity contribution in [3.05, 3.63) is 53.1 Å². The van der Waals surface area contributed by atoms with Gasteiger partial charge in [-0.1, -0.05) is 0 Å². The van der Waals surface area contributed by atoms with Crippen LogP contribution in [0.1, 0.15) is 43.8 Å². The van der Waals surface area contributed by atoms with E-state index in [1.165, 1.54) is 4.52 Å². The molecule has 3 aromatic heterocycles. The molecule has 0 aromatic carbocycles. The van der Waals surface area contributed by atoms with Gasteiger partial charge in [0.1, 0.15) is 0 Å². The van der Waals surface area contributed by atoms with E-state index in [1.54, 1.807) is 30.9 Å². The molecular weight excluding hydrogens is 332 g/mol. The van der Waals surface area contributed by atoms with Crippen molar-refractivity contribution in [2.24, 2.45) is 0 Å². The summed E-state index contributed by atoms with van der Waals surface area (Å²) in [6.45, 7) is 1.50. The van der Waals surface area contributed by atoms with Crippen molar-refractivity contribution in [3.8, 4) is 0 Å². The number of amides is 1. The van der Waals surface area contributed by atoms with Gasteiger partial charge in [-0.25, -0.2) is 14.5 Å². The fraction of sp³-hybridized carbons (Fsp3) is 0.444. The average molecular weight is 354 g/mol. The molecule has 1 atom stereocenters. The molecule has 1 N–H and O–H groups in total. The van der Waals surface area contributed by atoms with Crippen molar-refractivity contribution in [2.45, 2.75) is 44.7 Å². The number of aromatic nitrogens is 5. The molecule has 8 heteroatoms. The summed E-state index contributed by atoms with van der Waals surface area (Å²) in [6, 6.07) is 3.20. The normalized spacial score (nSPS) is 17.7. The quantitative estimate of drug-likeness (QED) is 0.756. The average Bonchev–Trinajstić information content (AvgIpc) is 3.33. The second-order valence-corrected chi connectivity index (χ2v) is 6.68. The maximum atomic E-state index is 12.8. The van der Waals surface area contributed by atoms with Crippen LogP contribution in [0.15, 0.2) is 41.8 Å². The fourth-order valence-electron chi connectivity index (χ4n) is 3.63. The Morgan fingerprint density at radius 1 is 1.35 bits per heavy atom. The van der Waals surface area contributed by atoms with E-state index in [-0.39, 0.29) is 17.5 Å². The minimum absolute atomic E-state index is 0.114. The van der Waals surface area contributed by atoms with Crippen molar-refractivity contribution in [1.82, 2.24) is 29.0 Å². The number of carbonyl (C=O) groups excluding carboxylic acids is 1. The standard InChI is InChI=1S/C18H22N6O2/c25-17(5-3-9-22-11-8-19-13-22)23-10-2-1-4-15(23)14-12-18(26)24-16(21-14)6-7-20-24/h6-8,11-13,15,20H,1-5,9-10H2/t15-/m1/s1. The van der Waals surface area contributed by atoms with Crippen LogP contribution in [0.25, 0.3) is 5.65 Å². The number of nitrogens with one attached hydrogen (secondary N) is 1. The Bertz CT molecular complexity index is 942. The second kappa shape index (κ2) is 7.15. The molecule has 1 aliphatic heterocycles. The first-order valence-electron chi connectivity index (χ1n) is 9.05. The van der Waals surface area contributed by atoms with Crippen LogP contribution in [0.4, 0.5) is 0 Å². The highest BCUT2D eigenvalue weighted by Gasteiger charge is 2.29. The Kier molecular flexibility index (Phi) is 4.55. The predicted molar refractivity (Wildman–Crippen MR) is 95.6 cm³/mol. The number of carbonyl (C=O) groups is 1. The molecule has 136 valence electrons. The zero-order valence-corrected chi connectivity index (χ0v) is 14.5. The van der Waals surface area contributed by atoms with Crippen LogP contribution in [0.3, 0.4) is 0 Å². The molecule has 4 rings (SSSR count). The monoisotopic (exact) mass is 354 g/mol. The molecule has 1 aliphatic rings. The topological polar surface area (TPSA) is 88.3 Å². The van der Waals surface area contributed by atoms with E-state index in [9.17, 15) is 9.59 Å². The molecule has 0 unspecified atom stereocenters. The molecule has 1 amide bonds. The van der Waals surface area contributed by atoms with Crippen molar-refractivity contribution in [3.63, 3.8) is 0 Å². The first-order chi connectivity index (χ1) is 12.7. The molecule has 1 fully saturated rings. The van der Waals surface area contributed by atoms with Gasteiger partial charge in [-0.3, -0.25) is 14.7 Å². The van der Waals surface area contributed by atoms with Gasteiger partial charge in [-0.05, 0) is 25.7 Å². The van der Waals surface area contributed by atoms with Crippen LogP contribution in [0.2, 0.25) is 0 Å². The first-order valence-corrected chi connectivity index (χ1v) is 9.05. The van der Waals surface area contributed by atoms with Gasteiger partial charge >= 0.3 is 0 Å². The van der Waals surface area contributed by atoms with Crippen LogP contribution in [-0.2, 0) is 11.3 Å². The number of aryl methyl sites for hydroxylation is 1. The molecule has 3 aromatic rings. The van der Waals surface area contributed by atoms with Gasteiger partial charge in [0.05, 0.1) is 18.1 Å². The van der Waals surface area contributed by atoms with E-state index in [0.717, 1.165) is 38.8 Å². The summed E-state index contributed by atoms with van der Waals surface area (Å²) < 4.78 is 3.38. The third kappa shape index (κ3) is 3.26. The minimum Gasteiger partial charge on any atom is -0.337 e. The fourth-order valence-corrected chi connectivity index (χ4v) is 3.63. The zero-order valence-electron chi connectivity index (χ0n) is 14.5. The SMILES string of the molecule is O=C(CCCn1ccnc1)N1CCCC[C@@H]1c1cc(=O)n2[nH]ccc2n1. The number of rotatable bonds is 5. The third-order valence-corrected chi connectivity index (χ3v) is 4.93. The summed E-state index contributed by atoms with van der Waals surface area (Å²) in [6.07, 6.45) is 11.2. The molecule has 4 heterocycles. The van der Waals surface area contributed by atoms with Crippen LogP contribution in [-0.4, -0.2) is 41.5 Å². The Hall–Kier alpha value is -2.90. The lowest BCUT2D eigenvalue weighted by molar-refractivity contribution is -0.135. The van der Waals surface area contributed by atoms with Crippen molar-refractivity contribution < 1.29 is 4.79 Å². The highest BCUT2D eigenvalue weighted by atomic mass is 16.2. The zero-order chi connectivity index (χ0) is 17.9. The van der Waals surface area contributed by atoms with E-state index in [4.69, 9.17) is 0 Å². The number of nitrogens with zero attached hydrogens (tertiary/aromatic N) is 5. The lowest BCUT2D eigenvalue weighted by Crippen LogP contribution is -2.39. The number of likely N-dealkylation sites (tertiary alicyclic amines) is 1. The highest BCUT2D eigenvalue weighted by molar-refractivity contribution is 5.76. The van der Waals surface area contributed by atoms with E-state index >= 15 is 0 Å². The molecule has 0 radical (unpaired) electrons. The van der Waals surface area contributed by atoms with Gasteiger partial charge in [0.2, 0.25) is 5.91 Å². The minimum atomic E-state index is -0.145. The number of H-pyrrole nitrogens is 1. The van der Waals surface area contributed by atoms with E-state index < -0.39 is 0 Å². The lowest BCUT2D eigenvalue weighted by Gasteiger charge is -2.35. The number of hydrogen-bond acceptors (Lipinski definition) is 4. The summed E-state index contributed by atoms with van der Waals surface area (Å²) in [4.78, 5) is 35.6. The molecule has 0 saturated carbocycles. The molecule has 0 bridgehead atoms. The summed E-state index contributed by atoms with van der Waals surface area (Å²) >= 11 is 0. The van der Waals surface area contributed by atoms with Gasteiger partial charge in [0.25, 0.3) is 5.56 Å². The van der Waals surface area contributed by atoms with Crippen LogP contribution in [0.5, 0.6) is 0 Å². The van der Waals surface area contributed by atoms with Gasteiger partial charge < -0.3 is 9.47 Å². The number of imidazole rings is 1. The summed E-state index contributed by atoms with van der Waals surface area (Å²) in [5, 5.41) is 2.85. The molecular formula is C18H22N6O2. The molecule has 0 aliphatic carbocycles. The van der Waals surface area contributed by atoms with Crippen LogP contribution >= 0.6 is 0 Å². The van der Waals surface area contributed by atoms with Gasteiger partial charge in [-0.2, -0.15) is 0 Å². The maximum Gasteiger partial charge on any atom is 0.272 e. The lowest BCUT2D eigenvalue weighted by atomic mass is 9.98. The number of hydrogen-bond donors (Lipinski definition) is 1. The Labute approximate surface area is 150 Å². The largest absolute Gasteiger partial charge is 0.337 e. The molecule has 1 saturated heterocycles. The van der Waals surface area contributed by atoms with Crippen LogP contribution in [0, 0.1) is 0 Å². The van der Waals surface area contributed by atoms with E-state index in [2.05, 4.69) is 15.1 Å². The van der Waals surface area contributed by atoms with Crippen LogP contribution < -0.4 is 5.56 Å². The number of aromatic amines is 1. The first kappa shape index (κ1) is 16.6. The van der Waals surface area contributed by atoms with Crippen molar-refractivity contribution in [1.29, 1.82) is 0 Å². The number of piperidine rings is 1. The molecule has 26 heavy (non-hydrogen) atoms. The summed E-state index contributed by atoms with van der Waals surface area (Å²) in [5.41, 5.74) is 1.14. The number of fused-ring (bicyclic) bond motifs is 1. The van der Waals surface area contributed by atoms with Crippen molar-refractivity contribution >= 4 is 11.6 Å². The van der Waals surface area contributed by atoms with E-state index in [1.807, 2.05) is 15.7 Å². The third-order valence-electron chi connectivity index (χ3n) is 4.93.